The summed E-state index contributed by atoms with van der Waals surface area (Å²) in [6.45, 7) is 4.39. The van der Waals surface area contributed by atoms with Crippen molar-refractivity contribution in [1.29, 1.82) is 0 Å². The van der Waals surface area contributed by atoms with Crippen molar-refractivity contribution in [3.63, 3.8) is 0 Å². The second kappa shape index (κ2) is 6.67. The van der Waals surface area contributed by atoms with Crippen LogP contribution in [-0.4, -0.2) is 65.5 Å². The summed E-state index contributed by atoms with van der Waals surface area (Å²) >= 11 is 2.07. The van der Waals surface area contributed by atoms with Crippen LogP contribution in [-0.2, 0) is 4.79 Å². The van der Waals surface area contributed by atoms with Crippen molar-refractivity contribution in [3.8, 4) is 0 Å². The highest BCUT2D eigenvalue weighted by Crippen LogP contribution is 2.28. The molecule has 2 heterocycles. The molecule has 2 saturated heterocycles. The van der Waals surface area contributed by atoms with Gasteiger partial charge in [0.2, 0.25) is 5.91 Å². The van der Waals surface area contributed by atoms with E-state index in [9.17, 15) is 4.79 Å². The Morgan fingerprint density at radius 3 is 2.30 bits per heavy atom. The lowest BCUT2D eigenvalue weighted by Crippen LogP contribution is -2.50. The number of hydrogen-bond acceptors (Lipinski definition) is 4. The zero-order chi connectivity index (χ0) is 13.9. The van der Waals surface area contributed by atoms with E-state index < -0.39 is 0 Å². The van der Waals surface area contributed by atoms with Crippen LogP contribution in [0.5, 0.6) is 0 Å². The first-order chi connectivity index (χ1) is 9.74. The monoisotopic (exact) mass is 297 g/mol. The molecular formula is C15H27N3OS. The van der Waals surface area contributed by atoms with Gasteiger partial charge in [-0.1, -0.05) is 0 Å². The van der Waals surface area contributed by atoms with Crippen LogP contribution in [0.1, 0.15) is 32.1 Å². The van der Waals surface area contributed by atoms with Crippen molar-refractivity contribution >= 4 is 17.7 Å². The van der Waals surface area contributed by atoms with E-state index in [1.54, 1.807) is 0 Å². The minimum atomic E-state index is 0.216. The Balaban J connectivity index is 1.47. The molecule has 0 bridgehead atoms. The first-order valence-corrected chi connectivity index (χ1v) is 9.25. The molecule has 3 rings (SSSR count). The molecule has 2 aliphatic heterocycles. The Kier molecular flexibility index (Phi) is 4.89. The Bertz CT molecular complexity index is 338. The number of thioether (sulfide) groups is 1. The van der Waals surface area contributed by atoms with E-state index in [2.05, 4.69) is 21.6 Å². The van der Waals surface area contributed by atoms with Gasteiger partial charge in [-0.2, -0.15) is 11.8 Å². The van der Waals surface area contributed by atoms with Gasteiger partial charge in [-0.05, 0) is 32.1 Å². The van der Waals surface area contributed by atoms with Gasteiger partial charge in [0.1, 0.15) is 0 Å². The Labute approximate surface area is 126 Å². The maximum absolute atomic E-state index is 12.5. The molecule has 4 nitrogen and oxygen atoms in total. The Morgan fingerprint density at radius 1 is 1.00 bits per heavy atom. The fourth-order valence-electron chi connectivity index (χ4n) is 3.89. The van der Waals surface area contributed by atoms with Crippen molar-refractivity contribution < 1.29 is 4.79 Å². The van der Waals surface area contributed by atoms with Gasteiger partial charge >= 0.3 is 0 Å². The summed E-state index contributed by atoms with van der Waals surface area (Å²) in [4.78, 5) is 17.2. The Morgan fingerprint density at radius 2 is 1.70 bits per heavy atom. The molecule has 0 aromatic heterocycles. The lowest BCUT2D eigenvalue weighted by molar-refractivity contribution is -0.137. The lowest BCUT2D eigenvalue weighted by atomic mass is 10.00. The van der Waals surface area contributed by atoms with Gasteiger partial charge in [0.25, 0.3) is 0 Å². The Hall–Kier alpha value is -0.260. The molecular weight excluding hydrogens is 270 g/mol. The predicted molar refractivity (Wildman–Crippen MR) is 83.8 cm³/mol. The third-order valence-electron chi connectivity index (χ3n) is 5.16. The van der Waals surface area contributed by atoms with E-state index in [0.29, 0.717) is 11.9 Å². The van der Waals surface area contributed by atoms with Gasteiger partial charge in [-0.25, -0.2) is 0 Å². The molecule has 20 heavy (non-hydrogen) atoms. The number of amides is 1. The van der Waals surface area contributed by atoms with Crippen LogP contribution in [0.3, 0.4) is 0 Å². The molecule has 0 radical (unpaired) electrons. The molecule has 114 valence electrons. The molecule has 2 atom stereocenters. The summed E-state index contributed by atoms with van der Waals surface area (Å²) in [5.74, 6) is 3.15. The molecule has 2 unspecified atom stereocenters. The fraction of sp³-hybridized carbons (Fsp3) is 0.933. The van der Waals surface area contributed by atoms with Crippen LogP contribution in [0.25, 0.3) is 0 Å². The highest BCUT2D eigenvalue weighted by atomic mass is 32.2. The van der Waals surface area contributed by atoms with Crippen LogP contribution < -0.4 is 5.73 Å². The molecule has 3 aliphatic rings. The number of piperidine rings is 1. The predicted octanol–water partition coefficient (Wildman–Crippen LogP) is 1.15. The van der Waals surface area contributed by atoms with Crippen molar-refractivity contribution in [2.75, 3.05) is 37.7 Å². The largest absolute Gasteiger partial charge is 0.342 e. The van der Waals surface area contributed by atoms with Crippen molar-refractivity contribution in [3.05, 3.63) is 0 Å². The van der Waals surface area contributed by atoms with Crippen LogP contribution in [0, 0.1) is 5.92 Å². The summed E-state index contributed by atoms with van der Waals surface area (Å²) in [5, 5.41) is 0. The maximum Gasteiger partial charge on any atom is 0.225 e. The zero-order valence-corrected chi connectivity index (χ0v) is 13.1. The second-order valence-corrected chi connectivity index (χ2v) is 7.70. The van der Waals surface area contributed by atoms with E-state index in [-0.39, 0.29) is 12.0 Å². The number of nitrogens with zero attached hydrogens (tertiary/aromatic N) is 2. The SMILES string of the molecule is NC1CCC(C(=O)N2CCC(N3CCSCC3)CC2)C1. The molecule has 2 N–H and O–H groups in total. The molecule has 1 saturated carbocycles. The first kappa shape index (κ1) is 14.7. The first-order valence-electron chi connectivity index (χ1n) is 8.10. The van der Waals surface area contributed by atoms with E-state index in [1.807, 2.05) is 0 Å². The molecule has 0 aromatic rings. The summed E-state index contributed by atoms with van der Waals surface area (Å²) in [6, 6.07) is 0.970. The van der Waals surface area contributed by atoms with Gasteiger partial charge in [0, 0.05) is 55.7 Å². The van der Waals surface area contributed by atoms with Crippen molar-refractivity contribution in [2.24, 2.45) is 11.7 Å². The van der Waals surface area contributed by atoms with E-state index >= 15 is 0 Å². The third kappa shape index (κ3) is 3.31. The minimum absolute atomic E-state index is 0.216. The van der Waals surface area contributed by atoms with Crippen LogP contribution in [0.15, 0.2) is 0 Å². The second-order valence-electron chi connectivity index (χ2n) is 6.47. The minimum Gasteiger partial charge on any atom is -0.342 e. The standard InChI is InChI=1S/C15H27N3OS/c16-13-2-1-12(11-13)15(19)18-5-3-14(4-6-18)17-7-9-20-10-8-17/h12-14H,1-11,16H2. The number of carbonyl (C=O) groups excluding carboxylic acids is 1. The van der Waals surface area contributed by atoms with Gasteiger partial charge in [-0.3, -0.25) is 9.69 Å². The van der Waals surface area contributed by atoms with Gasteiger partial charge < -0.3 is 10.6 Å². The summed E-state index contributed by atoms with van der Waals surface area (Å²) in [5.41, 5.74) is 5.93. The van der Waals surface area contributed by atoms with E-state index in [1.165, 1.54) is 24.6 Å². The topological polar surface area (TPSA) is 49.6 Å². The quantitative estimate of drug-likeness (QED) is 0.831. The lowest BCUT2D eigenvalue weighted by Gasteiger charge is -2.40. The van der Waals surface area contributed by atoms with E-state index in [4.69, 9.17) is 5.73 Å². The number of rotatable bonds is 2. The van der Waals surface area contributed by atoms with Crippen molar-refractivity contribution in [1.82, 2.24) is 9.80 Å². The smallest absolute Gasteiger partial charge is 0.225 e. The summed E-state index contributed by atoms with van der Waals surface area (Å²) < 4.78 is 0. The van der Waals surface area contributed by atoms with Gasteiger partial charge in [0.15, 0.2) is 0 Å². The van der Waals surface area contributed by atoms with Crippen LogP contribution in [0.4, 0.5) is 0 Å². The molecule has 1 aliphatic carbocycles. The van der Waals surface area contributed by atoms with Crippen LogP contribution in [0.2, 0.25) is 0 Å². The number of hydrogen-bond donors (Lipinski definition) is 1. The average Bonchev–Trinajstić information content (AvgIpc) is 2.94. The van der Waals surface area contributed by atoms with Crippen LogP contribution >= 0.6 is 11.8 Å². The third-order valence-corrected chi connectivity index (χ3v) is 6.10. The maximum atomic E-state index is 12.5. The number of likely N-dealkylation sites (tertiary alicyclic amines) is 1. The van der Waals surface area contributed by atoms with Gasteiger partial charge in [-0.15, -0.1) is 0 Å². The fourth-order valence-corrected chi connectivity index (χ4v) is 4.82. The zero-order valence-electron chi connectivity index (χ0n) is 12.3. The highest BCUT2D eigenvalue weighted by molar-refractivity contribution is 7.99. The van der Waals surface area contributed by atoms with Gasteiger partial charge in [0.05, 0.1) is 0 Å². The molecule has 0 spiro atoms. The summed E-state index contributed by atoms with van der Waals surface area (Å²) in [7, 11) is 0. The average molecular weight is 297 g/mol. The van der Waals surface area contributed by atoms with Crippen molar-refractivity contribution in [2.45, 2.75) is 44.2 Å². The molecule has 3 fully saturated rings. The highest BCUT2D eigenvalue weighted by Gasteiger charge is 2.33. The molecule has 1 amide bonds. The summed E-state index contributed by atoms with van der Waals surface area (Å²) in [6.07, 6.45) is 5.26. The molecule has 0 aromatic carbocycles. The number of nitrogens with two attached hydrogens (primary N) is 1. The normalized spacial score (nSPS) is 33.5. The molecule has 5 heteroatoms. The van der Waals surface area contributed by atoms with E-state index in [0.717, 1.165) is 45.2 Å². The number of carbonyl (C=O) groups is 1.